The van der Waals surface area contributed by atoms with Crippen molar-refractivity contribution in [2.45, 2.75) is 33.5 Å². The molecule has 1 heterocycles. The van der Waals surface area contributed by atoms with Gasteiger partial charge in [0.05, 0.1) is 23.2 Å². The number of nitrogens with zero attached hydrogens (tertiary/aromatic N) is 5. The normalized spacial score (nSPS) is 15.1. The third-order valence-electron chi connectivity index (χ3n) is 7.28. The van der Waals surface area contributed by atoms with Gasteiger partial charge in [0.25, 0.3) is 5.91 Å². The Hall–Kier alpha value is -3.94. The summed E-state index contributed by atoms with van der Waals surface area (Å²) in [6.45, 7) is 13.9. The van der Waals surface area contributed by atoms with Crippen molar-refractivity contribution in [3.63, 3.8) is 0 Å². The van der Waals surface area contributed by atoms with Crippen molar-refractivity contribution in [3.8, 4) is 0 Å². The van der Waals surface area contributed by atoms with E-state index in [1.165, 1.54) is 35.6 Å². The molecule has 1 saturated heterocycles. The van der Waals surface area contributed by atoms with Gasteiger partial charge in [-0.15, -0.1) is 0 Å². The zero-order valence-electron chi connectivity index (χ0n) is 25.0. The molecule has 0 bridgehead atoms. The Labute approximate surface area is 250 Å². The van der Waals surface area contributed by atoms with E-state index in [-0.39, 0.29) is 29.1 Å². The first kappa shape index (κ1) is 33.6. The third-order valence-corrected chi connectivity index (χ3v) is 7.28. The van der Waals surface area contributed by atoms with E-state index >= 15 is 4.39 Å². The fourth-order valence-corrected chi connectivity index (χ4v) is 4.44. The van der Waals surface area contributed by atoms with E-state index in [0.717, 1.165) is 19.6 Å². The van der Waals surface area contributed by atoms with Crippen molar-refractivity contribution in [1.82, 2.24) is 14.8 Å². The van der Waals surface area contributed by atoms with Gasteiger partial charge in [-0.05, 0) is 50.2 Å². The molecule has 1 aliphatic heterocycles. The van der Waals surface area contributed by atoms with Gasteiger partial charge < -0.3 is 21.0 Å². The molecule has 2 aromatic rings. The molecule has 5 N–H and O–H groups in total. The van der Waals surface area contributed by atoms with Crippen LogP contribution in [-0.2, 0) is 12.7 Å². The quantitative estimate of drug-likeness (QED) is 0.114. The van der Waals surface area contributed by atoms with Crippen LogP contribution in [-0.4, -0.2) is 73.2 Å². The maximum Gasteiger partial charge on any atom is 0.419 e. The number of carbonyl (C=O) groups excluding carboxylic acids is 1. The number of likely N-dealkylation sites (N-methyl/N-ethyl adjacent to an activating group) is 1. The molecule has 1 amide bonds. The lowest BCUT2D eigenvalue weighted by atomic mass is 10.1. The summed E-state index contributed by atoms with van der Waals surface area (Å²) in [7, 11) is 1.80. The molecule has 1 fully saturated rings. The number of hydrazone groups is 1. The average Bonchev–Trinajstić information content (AvgIpc) is 2.96. The Kier molecular flexibility index (Phi) is 11.3. The Morgan fingerprint density at radius 2 is 1.79 bits per heavy atom. The summed E-state index contributed by atoms with van der Waals surface area (Å²) < 4.78 is 56.4. The van der Waals surface area contributed by atoms with Crippen LogP contribution in [0.3, 0.4) is 0 Å². The summed E-state index contributed by atoms with van der Waals surface area (Å²) in [4.78, 5) is 17.3. The number of halogens is 4. The highest BCUT2D eigenvalue weighted by Crippen LogP contribution is 2.35. The first-order valence-corrected chi connectivity index (χ1v) is 13.9. The van der Waals surface area contributed by atoms with Gasteiger partial charge in [0.15, 0.2) is 0 Å². The second-order valence-electron chi connectivity index (χ2n) is 10.4. The van der Waals surface area contributed by atoms with Gasteiger partial charge in [-0.1, -0.05) is 19.6 Å². The lowest BCUT2D eigenvalue weighted by Crippen LogP contribution is -2.45. The van der Waals surface area contributed by atoms with Crippen molar-refractivity contribution in [1.29, 1.82) is 0 Å². The van der Waals surface area contributed by atoms with E-state index in [2.05, 4.69) is 21.9 Å². The molecule has 3 rings (SSSR count). The van der Waals surface area contributed by atoms with Crippen molar-refractivity contribution in [2.24, 2.45) is 16.7 Å². The maximum absolute atomic E-state index is 15.0. The van der Waals surface area contributed by atoms with Gasteiger partial charge in [0.1, 0.15) is 5.82 Å². The predicted octanol–water partition coefficient (Wildman–Crippen LogP) is 4.52. The molecule has 9 nitrogen and oxygen atoms in total. The molecule has 0 aromatic heterocycles. The second-order valence-corrected chi connectivity index (χ2v) is 10.4. The molecule has 2 aromatic carbocycles. The molecular weight excluding hydrogens is 564 g/mol. The number of aryl methyl sites for hydroxylation is 1. The van der Waals surface area contributed by atoms with Crippen molar-refractivity contribution >= 4 is 23.5 Å². The van der Waals surface area contributed by atoms with Crippen LogP contribution in [0.2, 0.25) is 0 Å². The van der Waals surface area contributed by atoms with Crippen LogP contribution in [0.5, 0.6) is 0 Å². The van der Waals surface area contributed by atoms with E-state index in [1.54, 1.807) is 25.0 Å². The maximum atomic E-state index is 15.0. The van der Waals surface area contributed by atoms with E-state index < -0.39 is 23.5 Å². The van der Waals surface area contributed by atoms with E-state index in [1.807, 2.05) is 18.7 Å². The second kappa shape index (κ2) is 14.5. The number of rotatable bonds is 11. The number of nitrogens with one attached hydrogen (secondary N) is 1. The number of allylic oxidation sites excluding steroid dienone is 1. The van der Waals surface area contributed by atoms with Crippen molar-refractivity contribution < 1.29 is 22.4 Å². The molecule has 0 atom stereocenters. The minimum Gasteiger partial charge on any atom is -0.397 e. The van der Waals surface area contributed by atoms with Crippen LogP contribution in [0.4, 0.5) is 28.9 Å². The number of benzene rings is 2. The lowest BCUT2D eigenvalue weighted by Gasteiger charge is -2.34. The molecule has 0 radical (unpaired) electrons. The molecule has 13 heteroatoms. The van der Waals surface area contributed by atoms with E-state index in [0.29, 0.717) is 42.5 Å². The van der Waals surface area contributed by atoms with Gasteiger partial charge in [-0.3, -0.25) is 14.7 Å². The summed E-state index contributed by atoms with van der Waals surface area (Å²) in [5, 5.41) is 9.61. The highest BCUT2D eigenvalue weighted by molar-refractivity contribution is 6.05. The first-order chi connectivity index (χ1) is 20.2. The molecule has 43 heavy (non-hydrogen) atoms. The Morgan fingerprint density at radius 1 is 1.14 bits per heavy atom. The van der Waals surface area contributed by atoms with Gasteiger partial charge in [0.2, 0.25) is 0 Å². The number of alkyl halides is 3. The zero-order valence-corrected chi connectivity index (χ0v) is 25.0. The minimum absolute atomic E-state index is 0.00845. The minimum atomic E-state index is -4.94. The Bertz CT molecular complexity index is 1370. The SMILES string of the molecule is C=C(/C=N\N(C)CC)/C(N)=C/N(N)c1cc(C(=O)Nc2cc(CN3CCN(CC)CC3)c(F)c(C(F)(F)F)c2)ccc1C. The van der Waals surface area contributed by atoms with Crippen LogP contribution < -0.4 is 21.9 Å². The first-order valence-electron chi connectivity index (χ1n) is 13.9. The topological polar surface area (TPSA) is 106 Å². The highest BCUT2D eigenvalue weighted by Gasteiger charge is 2.36. The summed E-state index contributed by atoms with van der Waals surface area (Å²) in [6.07, 6.45) is -2.02. The fourth-order valence-electron chi connectivity index (χ4n) is 4.44. The summed E-state index contributed by atoms with van der Waals surface area (Å²) in [6, 6.07) is 6.52. The number of anilines is 2. The molecule has 0 saturated carbocycles. The van der Waals surface area contributed by atoms with Gasteiger partial charge in [0, 0.05) is 74.9 Å². The third kappa shape index (κ3) is 9.02. The highest BCUT2D eigenvalue weighted by atomic mass is 19.4. The Balaban J connectivity index is 1.84. The lowest BCUT2D eigenvalue weighted by molar-refractivity contribution is -0.140. The monoisotopic (exact) mass is 604 g/mol. The fraction of sp³-hybridized carbons (Fsp3) is 0.400. The van der Waals surface area contributed by atoms with Crippen molar-refractivity contribution in [3.05, 3.63) is 82.5 Å². The molecule has 0 aliphatic carbocycles. The molecule has 1 aliphatic rings. The van der Waals surface area contributed by atoms with Crippen LogP contribution in [0.15, 0.2) is 59.5 Å². The number of nitrogens with two attached hydrogens (primary N) is 2. The Morgan fingerprint density at radius 3 is 2.40 bits per heavy atom. The molecule has 0 unspecified atom stereocenters. The summed E-state index contributed by atoms with van der Waals surface area (Å²) in [5.41, 5.74) is 6.30. The number of piperazine rings is 1. The van der Waals surface area contributed by atoms with Crippen LogP contribution >= 0.6 is 0 Å². The number of hydrogen-bond acceptors (Lipinski definition) is 8. The number of carbonyl (C=O) groups is 1. The molecule has 0 spiro atoms. The van der Waals surface area contributed by atoms with Gasteiger partial charge >= 0.3 is 6.18 Å². The number of hydrogen-bond donors (Lipinski definition) is 3. The van der Waals surface area contributed by atoms with Gasteiger partial charge in [-0.2, -0.15) is 18.3 Å². The van der Waals surface area contributed by atoms with Crippen LogP contribution in [0.1, 0.15) is 40.9 Å². The largest absolute Gasteiger partial charge is 0.419 e. The standard InChI is InChI=1S/C30H40F4N8O/c1-6-39(5)37-17-21(4)26(35)19-42(36)27-15-22(9-8-20(27)3)29(43)38-24-14-23(28(31)25(16-24)30(32,33)34)18-41-12-10-40(7-2)11-13-41/h8-9,14-17,19H,4,6-7,10-13,18,35-36H2,1-3,5H3,(H,38,43)/b26-19-,37-17-. The van der Waals surface area contributed by atoms with Crippen LogP contribution in [0.25, 0.3) is 0 Å². The zero-order chi connectivity index (χ0) is 31.9. The summed E-state index contributed by atoms with van der Waals surface area (Å²) >= 11 is 0. The predicted molar refractivity (Wildman–Crippen MR) is 163 cm³/mol. The molecule has 234 valence electrons. The summed E-state index contributed by atoms with van der Waals surface area (Å²) in [5.74, 6) is 4.20. The smallest absolute Gasteiger partial charge is 0.397 e. The van der Waals surface area contributed by atoms with Gasteiger partial charge in [-0.25, -0.2) is 10.2 Å². The van der Waals surface area contributed by atoms with Crippen LogP contribution in [0, 0.1) is 12.7 Å². The average molecular weight is 605 g/mol. The van der Waals surface area contributed by atoms with E-state index in [4.69, 9.17) is 11.6 Å². The molecular formula is C30H40F4N8O. The number of amides is 1. The number of hydrazine groups is 1. The van der Waals surface area contributed by atoms with E-state index in [9.17, 15) is 18.0 Å². The van der Waals surface area contributed by atoms with Crippen molar-refractivity contribution in [2.75, 3.05) is 56.6 Å².